The Morgan fingerprint density at radius 2 is 2.40 bits per heavy atom. The van der Waals surface area contributed by atoms with Gasteiger partial charge >= 0.3 is 0 Å². The molecular weight excluding hydrogens is 212 g/mol. The minimum absolute atomic E-state index is 0.139. The zero-order chi connectivity index (χ0) is 11.3. The zero-order valence-electron chi connectivity index (χ0n) is 8.33. The highest BCUT2D eigenvalue weighted by atomic mass is 35.5. The van der Waals surface area contributed by atoms with E-state index < -0.39 is 0 Å². The van der Waals surface area contributed by atoms with E-state index in [0.717, 1.165) is 0 Å². The van der Waals surface area contributed by atoms with Crippen molar-refractivity contribution in [3.63, 3.8) is 0 Å². The summed E-state index contributed by atoms with van der Waals surface area (Å²) in [7, 11) is 0. The fourth-order valence-corrected chi connectivity index (χ4v) is 1.14. The maximum atomic E-state index is 11.5. The summed E-state index contributed by atoms with van der Waals surface area (Å²) < 4.78 is 0. The fraction of sp³-hybridized carbons (Fsp3) is 0.273. The van der Waals surface area contributed by atoms with E-state index in [9.17, 15) is 4.79 Å². The van der Waals surface area contributed by atoms with Gasteiger partial charge in [0.05, 0.1) is 11.6 Å². The Morgan fingerprint density at radius 3 is 3.00 bits per heavy atom. The monoisotopic (exact) mass is 222 g/mol. The second kappa shape index (κ2) is 5.38. The van der Waals surface area contributed by atoms with Crippen LogP contribution in [0, 0.1) is 17.2 Å². The Balaban J connectivity index is 2.73. The van der Waals surface area contributed by atoms with E-state index in [4.69, 9.17) is 16.9 Å². The van der Waals surface area contributed by atoms with Crippen molar-refractivity contribution in [2.24, 2.45) is 5.92 Å². The Bertz CT molecular complexity index is 398. The molecule has 1 rings (SSSR count). The van der Waals surface area contributed by atoms with Crippen molar-refractivity contribution in [2.75, 3.05) is 11.2 Å². The fourth-order valence-electron chi connectivity index (χ4n) is 1.00. The SMILES string of the molecule is CC(CCl)C(=O)Nc1cccc(C#N)c1. The Hall–Kier alpha value is -1.53. The first-order valence-electron chi connectivity index (χ1n) is 4.54. The van der Waals surface area contributed by atoms with Crippen LogP contribution in [-0.2, 0) is 4.79 Å². The van der Waals surface area contributed by atoms with Gasteiger partial charge in [-0.3, -0.25) is 4.79 Å². The highest BCUT2D eigenvalue weighted by Crippen LogP contribution is 2.11. The number of hydrogen-bond donors (Lipinski definition) is 1. The van der Waals surface area contributed by atoms with Crippen LogP contribution >= 0.6 is 11.6 Å². The summed E-state index contributed by atoms with van der Waals surface area (Å²) in [5.41, 5.74) is 1.14. The van der Waals surface area contributed by atoms with Crippen LogP contribution in [0.1, 0.15) is 12.5 Å². The summed E-state index contributed by atoms with van der Waals surface area (Å²) >= 11 is 5.56. The van der Waals surface area contributed by atoms with Crippen LogP contribution in [0.5, 0.6) is 0 Å². The zero-order valence-corrected chi connectivity index (χ0v) is 9.08. The molecule has 15 heavy (non-hydrogen) atoms. The van der Waals surface area contributed by atoms with Crippen molar-refractivity contribution in [2.45, 2.75) is 6.92 Å². The maximum Gasteiger partial charge on any atom is 0.228 e. The molecule has 4 heteroatoms. The average Bonchev–Trinajstić information content (AvgIpc) is 2.28. The molecule has 1 unspecified atom stereocenters. The quantitative estimate of drug-likeness (QED) is 0.799. The van der Waals surface area contributed by atoms with E-state index in [1.54, 1.807) is 31.2 Å². The van der Waals surface area contributed by atoms with E-state index in [1.807, 2.05) is 6.07 Å². The largest absolute Gasteiger partial charge is 0.326 e. The lowest BCUT2D eigenvalue weighted by Gasteiger charge is -2.08. The summed E-state index contributed by atoms with van der Waals surface area (Å²) in [6, 6.07) is 8.77. The second-order valence-corrected chi connectivity index (χ2v) is 3.55. The number of rotatable bonds is 3. The van der Waals surface area contributed by atoms with Gasteiger partial charge in [-0.1, -0.05) is 13.0 Å². The van der Waals surface area contributed by atoms with Crippen LogP contribution in [0.4, 0.5) is 5.69 Å². The summed E-state index contributed by atoms with van der Waals surface area (Å²) in [6.45, 7) is 1.75. The third-order valence-corrected chi connectivity index (χ3v) is 2.40. The van der Waals surface area contributed by atoms with Gasteiger partial charge in [0, 0.05) is 17.5 Å². The van der Waals surface area contributed by atoms with Crippen LogP contribution in [0.2, 0.25) is 0 Å². The van der Waals surface area contributed by atoms with Gasteiger partial charge in [0.25, 0.3) is 0 Å². The molecule has 1 N–H and O–H groups in total. The number of halogens is 1. The number of amides is 1. The van der Waals surface area contributed by atoms with E-state index in [2.05, 4.69) is 5.32 Å². The van der Waals surface area contributed by atoms with E-state index in [-0.39, 0.29) is 17.7 Å². The topological polar surface area (TPSA) is 52.9 Å². The van der Waals surface area contributed by atoms with Crippen LogP contribution in [-0.4, -0.2) is 11.8 Å². The Labute approximate surface area is 93.7 Å². The summed E-state index contributed by atoms with van der Waals surface area (Å²) in [4.78, 5) is 11.5. The average molecular weight is 223 g/mol. The number of carbonyl (C=O) groups excluding carboxylic acids is 1. The molecule has 0 radical (unpaired) electrons. The molecule has 0 bridgehead atoms. The predicted molar refractivity (Wildman–Crippen MR) is 59.7 cm³/mol. The maximum absolute atomic E-state index is 11.5. The lowest BCUT2D eigenvalue weighted by molar-refractivity contribution is -0.118. The van der Waals surface area contributed by atoms with Gasteiger partial charge in [0.15, 0.2) is 0 Å². The highest BCUT2D eigenvalue weighted by molar-refractivity contribution is 6.19. The minimum Gasteiger partial charge on any atom is -0.326 e. The number of nitriles is 1. The first kappa shape index (κ1) is 11.5. The van der Waals surface area contributed by atoms with Crippen molar-refractivity contribution in [3.8, 4) is 6.07 Å². The molecule has 0 heterocycles. The molecule has 0 fully saturated rings. The second-order valence-electron chi connectivity index (χ2n) is 3.24. The molecule has 0 aromatic heterocycles. The molecule has 0 aliphatic rings. The lowest BCUT2D eigenvalue weighted by atomic mass is 10.2. The van der Waals surface area contributed by atoms with Gasteiger partial charge in [0.1, 0.15) is 0 Å². The highest BCUT2D eigenvalue weighted by Gasteiger charge is 2.11. The van der Waals surface area contributed by atoms with E-state index >= 15 is 0 Å². The summed E-state index contributed by atoms with van der Waals surface area (Å²) in [5.74, 6) is -0.0958. The molecule has 0 saturated carbocycles. The molecule has 0 spiro atoms. The van der Waals surface area contributed by atoms with Gasteiger partial charge < -0.3 is 5.32 Å². The van der Waals surface area contributed by atoms with Crippen LogP contribution in [0.3, 0.4) is 0 Å². The Morgan fingerprint density at radius 1 is 1.67 bits per heavy atom. The first-order valence-corrected chi connectivity index (χ1v) is 5.08. The number of nitrogens with one attached hydrogen (secondary N) is 1. The summed E-state index contributed by atoms with van der Waals surface area (Å²) in [5, 5.41) is 11.4. The molecule has 0 aliphatic heterocycles. The number of anilines is 1. The molecular formula is C11H11ClN2O. The van der Waals surface area contributed by atoms with Gasteiger partial charge in [-0.05, 0) is 18.2 Å². The molecule has 1 atom stereocenters. The number of hydrogen-bond acceptors (Lipinski definition) is 2. The number of carbonyl (C=O) groups is 1. The van der Waals surface area contributed by atoms with Crippen molar-refractivity contribution < 1.29 is 4.79 Å². The normalized spacial score (nSPS) is 11.5. The smallest absolute Gasteiger partial charge is 0.228 e. The molecule has 0 saturated heterocycles. The van der Waals surface area contributed by atoms with Gasteiger partial charge in [-0.15, -0.1) is 11.6 Å². The first-order chi connectivity index (χ1) is 7.17. The molecule has 1 aromatic rings. The molecule has 1 aromatic carbocycles. The van der Waals surface area contributed by atoms with Gasteiger partial charge in [-0.25, -0.2) is 0 Å². The van der Waals surface area contributed by atoms with Crippen molar-refractivity contribution in [3.05, 3.63) is 29.8 Å². The number of alkyl halides is 1. The van der Waals surface area contributed by atoms with Crippen molar-refractivity contribution in [1.82, 2.24) is 0 Å². The Kier molecular flexibility index (Phi) is 4.14. The molecule has 78 valence electrons. The lowest BCUT2D eigenvalue weighted by Crippen LogP contribution is -2.21. The van der Waals surface area contributed by atoms with Crippen molar-refractivity contribution >= 4 is 23.2 Å². The molecule has 3 nitrogen and oxygen atoms in total. The third kappa shape index (κ3) is 3.26. The minimum atomic E-state index is -0.239. The van der Waals surface area contributed by atoms with E-state index in [1.165, 1.54) is 0 Å². The van der Waals surface area contributed by atoms with Crippen LogP contribution in [0.25, 0.3) is 0 Å². The van der Waals surface area contributed by atoms with Gasteiger partial charge in [0.2, 0.25) is 5.91 Å². The predicted octanol–water partition coefficient (Wildman–Crippen LogP) is 2.37. The molecule has 1 amide bonds. The number of benzene rings is 1. The van der Waals surface area contributed by atoms with Gasteiger partial charge in [-0.2, -0.15) is 5.26 Å². The third-order valence-electron chi connectivity index (χ3n) is 1.94. The summed E-state index contributed by atoms with van der Waals surface area (Å²) in [6.07, 6.45) is 0. The standard InChI is InChI=1S/C11H11ClN2O/c1-8(6-12)11(15)14-10-4-2-3-9(5-10)7-13/h2-5,8H,6H2,1H3,(H,14,15). The van der Waals surface area contributed by atoms with Crippen LogP contribution in [0.15, 0.2) is 24.3 Å². The van der Waals surface area contributed by atoms with Crippen molar-refractivity contribution in [1.29, 1.82) is 5.26 Å². The van der Waals surface area contributed by atoms with E-state index in [0.29, 0.717) is 11.3 Å². The van der Waals surface area contributed by atoms with Crippen LogP contribution < -0.4 is 5.32 Å². The number of nitrogens with zero attached hydrogens (tertiary/aromatic N) is 1. The molecule has 0 aliphatic carbocycles.